The average Bonchev–Trinajstić information content (AvgIpc) is 3.00. The quantitative estimate of drug-likeness (QED) is 0.351. The Bertz CT molecular complexity index is 1320. The molecule has 0 saturated carbocycles. The van der Waals surface area contributed by atoms with E-state index in [0.717, 1.165) is 74.6 Å². The summed E-state index contributed by atoms with van der Waals surface area (Å²) in [6.45, 7) is 10.4. The fourth-order valence-corrected chi connectivity index (χ4v) is 6.40. The summed E-state index contributed by atoms with van der Waals surface area (Å²) in [5, 5.41) is 0. The normalized spacial score (nSPS) is 20.7. The molecule has 5 rings (SSSR count). The van der Waals surface area contributed by atoms with Gasteiger partial charge in [-0.3, -0.25) is 9.69 Å². The number of likely N-dealkylation sites (N-methyl/N-ethyl adjacent to an activating group) is 1. The summed E-state index contributed by atoms with van der Waals surface area (Å²) in [6, 6.07) is 27.7. The Morgan fingerprint density at radius 1 is 0.878 bits per heavy atom. The second kappa shape index (κ2) is 13.9. The van der Waals surface area contributed by atoms with Gasteiger partial charge in [0.2, 0.25) is 5.91 Å². The molecule has 0 radical (unpaired) electrons. The second-order valence-corrected chi connectivity index (χ2v) is 11.2. The lowest BCUT2D eigenvalue weighted by molar-refractivity contribution is -0.135. The van der Waals surface area contributed by atoms with E-state index < -0.39 is 0 Å². The Morgan fingerprint density at radius 2 is 1.54 bits per heavy atom. The Kier molecular flexibility index (Phi) is 9.77. The van der Waals surface area contributed by atoms with Crippen molar-refractivity contribution in [2.45, 2.75) is 51.1 Å². The molecule has 2 saturated heterocycles. The van der Waals surface area contributed by atoms with Crippen molar-refractivity contribution >= 4 is 5.91 Å². The van der Waals surface area contributed by atoms with Crippen molar-refractivity contribution in [2.75, 3.05) is 46.4 Å². The molecule has 41 heavy (non-hydrogen) atoms. The van der Waals surface area contributed by atoms with E-state index in [-0.39, 0.29) is 5.91 Å². The molecule has 3 aromatic rings. The van der Waals surface area contributed by atoms with Gasteiger partial charge in [-0.25, -0.2) is 0 Å². The number of carbonyl (C=O) groups is 1. The maximum atomic E-state index is 13.5. The molecule has 2 heterocycles. The molecule has 2 fully saturated rings. The van der Waals surface area contributed by atoms with Crippen LogP contribution in [0.25, 0.3) is 0 Å². The lowest BCUT2D eigenvalue weighted by atomic mass is 9.73. The first-order valence-electron chi connectivity index (χ1n) is 15.2. The molecule has 0 N–H and O–H groups in total. The fourth-order valence-electron chi connectivity index (χ4n) is 6.40. The molecular weight excluding hydrogens is 506 g/mol. The van der Waals surface area contributed by atoms with Crippen molar-refractivity contribution in [3.05, 3.63) is 101 Å². The van der Waals surface area contributed by atoms with Gasteiger partial charge in [0, 0.05) is 48.8 Å². The number of rotatable bonds is 8. The summed E-state index contributed by atoms with van der Waals surface area (Å²) in [5.74, 6) is 8.02. The maximum Gasteiger partial charge on any atom is 0.227 e. The standard InChI is InChI=1S/C36H43N3O2/c1-4-37(5-2)26-33-36(31-19-15-29(16-20-31)14-13-28-11-7-6-8-12-28)34-27-38(23-9-10-24-39(33)34)35(40)25-30-17-21-32(41-3)22-18-30/h6-8,11-12,15-22,33-34,36H,4-5,9-10,23-27H2,1-3H3/t33-,34+,36+/m1/s1. The molecule has 5 nitrogen and oxygen atoms in total. The zero-order valence-electron chi connectivity index (χ0n) is 24.8. The maximum absolute atomic E-state index is 13.5. The van der Waals surface area contributed by atoms with Crippen LogP contribution in [0.3, 0.4) is 0 Å². The van der Waals surface area contributed by atoms with Gasteiger partial charge in [-0.15, -0.1) is 0 Å². The van der Waals surface area contributed by atoms with Crippen molar-refractivity contribution < 1.29 is 9.53 Å². The van der Waals surface area contributed by atoms with Crippen LogP contribution in [0.1, 0.15) is 54.9 Å². The van der Waals surface area contributed by atoms with E-state index in [1.807, 2.05) is 54.6 Å². The minimum absolute atomic E-state index is 0.217. The summed E-state index contributed by atoms with van der Waals surface area (Å²) in [6.07, 6.45) is 2.60. The number of hydrogen-bond donors (Lipinski definition) is 0. The number of hydrogen-bond acceptors (Lipinski definition) is 4. The average molecular weight is 550 g/mol. The van der Waals surface area contributed by atoms with Crippen molar-refractivity contribution in [1.82, 2.24) is 14.7 Å². The predicted molar refractivity (Wildman–Crippen MR) is 166 cm³/mol. The molecule has 5 heteroatoms. The zero-order chi connectivity index (χ0) is 28.6. The van der Waals surface area contributed by atoms with Crippen molar-refractivity contribution in [1.29, 1.82) is 0 Å². The van der Waals surface area contributed by atoms with Gasteiger partial charge in [-0.1, -0.05) is 68.2 Å². The third kappa shape index (κ3) is 7.01. The van der Waals surface area contributed by atoms with Crippen LogP contribution in [0.5, 0.6) is 5.75 Å². The van der Waals surface area contributed by atoms with Crippen LogP contribution in [0.15, 0.2) is 78.9 Å². The van der Waals surface area contributed by atoms with Crippen molar-refractivity contribution in [3.8, 4) is 17.6 Å². The second-order valence-electron chi connectivity index (χ2n) is 11.2. The number of nitrogens with zero attached hydrogens (tertiary/aromatic N) is 3. The fraction of sp³-hybridized carbons (Fsp3) is 0.417. The van der Waals surface area contributed by atoms with E-state index in [9.17, 15) is 4.79 Å². The molecule has 3 atom stereocenters. The van der Waals surface area contributed by atoms with E-state index >= 15 is 0 Å². The first-order chi connectivity index (χ1) is 20.1. The topological polar surface area (TPSA) is 36.0 Å². The third-order valence-electron chi connectivity index (χ3n) is 8.81. The Hall–Kier alpha value is -3.59. The van der Waals surface area contributed by atoms with Crippen LogP contribution in [-0.2, 0) is 11.2 Å². The minimum atomic E-state index is 0.217. The zero-order valence-corrected chi connectivity index (χ0v) is 24.8. The number of amides is 1. The van der Waals surface area contributed by atoms with E-state index in [4.69, 9.17) is 4.74 Å². The molecule has 0 bridgehead atoms. The predicted octanol–water partition coefficient (Wildman–Crippen LogP) is 5.44. The molecule has 0 spiro atoms. The van der Waals surface area contributed by atoms with Gasteiger partial charge in [-0.2, -0.15) is 0 Å². The first kappa shape index (κ1) is 28.9. The number of fused-ring (bicyclic) bond motifs is 1. The Balaban J connectivity index is 1.35. The van der Waals surface area contributed by atoms with E-state index in [2.05, 4.69) is 64.7 Å². The van der Waals surface area contributed by atoms with Gasteiger partial charge in [-0.05, 0) is 80.0 Å². The minimum Gasteiger partial charge on any atom is -0.497 e. The highest BCUT2D eigenvalue weighted by molar-refractivity contribution is 5.79. The van der Waals surface area contributed by atoms with E-state index in [0.29, 0.717) is 24.4 Å². The molecule has 3 aromatic carbocycles. The lowest BCUT2D eigenvalue weighted by Crippen LogP contribution is -2.69. The van der Waals surface area contributed by atoms with Gasteiger partial charge in [0.25, 0.3) is 0 Å². The van der Waals surface area contributed by atoms with Crippen LogP contribution >= 0.6 is 0 Å². The van der Waals surface area contributed by atoms with Crippen LogP contribution in [0.2, 0.25) is 0 Å². The monoisotopic (exact) mass is 549 g/mol. The van der Waals surface area contributed by atoms with Crippen molar-refractivity contribution in [3.63, 3.8) is 0 Å². The van der Waals surface area contributed by atoms with Gasteiger partial charge < -0.3 is 14.5 Å². The lowest BCUT2D eigenvalue weighted by Gasteiger charge is -2.58. The van der Waals surface area contributed by atoms with Gasteiger partial charge in [0.15, 0.2) is 0 Å². The van der Waals surface area contributed by atoms with Crippen LogP contribution < -0.4 is 4.74 Å². The first-order valence-corrected chi connectivity index (χ1v) is 15.2. The smallest absolute Gasteiger partial charge is 0.227 e. The highest BCUT2D eigenvalue weighted by Gasteiger charge is 2.50. The number of methoxy groups -OCH3 is 1. The van der Waals surface area contributed by atoms with Gasteiger partial charge in [0.1, 0.15) is 5.75 Å². The molecule has 214 valence electrons. The van der Waals surface area contributed by atoms with Gasteiger partial charge >= 0.3 is 0 Å². The van der Waals surface area contributed by atoms with Gasteiger partial charge in [0.05, 0.1) is 13.5 Å². The third-order valence-corrected chi connectivity index (χ3v) is 8.81. The largest absolute Gasteiger partial charge is 0.497 e. The number of carbonyl (C=O) groups excluding carboxylic acids is 1. The molecule has 0 aromatic heterocycles. The van der Waals surface area contributed by atoms with E-state index in [1.54, 1.807) is 7.11 Å². The summed E-state index contributed by atoms with van der Waals surface area (Å²) in [7, 11) is 1.67. The number of ether oxygens (including phenoxy) is 1. The highest BCUT2D eigenvalue weighted by atomic mass is 16.5. The molecule has 0 aliphatic carbocycles. The summed E-state index contributed by atoms with van der Waals surface area (Å²) >= 11 is 0. The molecular formula is C36H43N3O2. The molecule has 0 unspecified atom stereocenters. The van der Waals surface area contributed by atoms with Crippen LogP contribution in [-0.4, -0.2) is 79.1 Å². The summed E-state index contributed by atoms with van der Waals surface area (Å²) in [4.78, 5) is 20.9. The molecule has 1 amide bonds. The van der Waals surface area contributed by atoms with Crippen LogP contribution in [0.4, 0.5) is 0 Å². The summed E-state index contributed by atoms with van der Waals surface area (Å²) in [5.41, 5.74) is 4.45. The summed E-state index contributed by atoms with van der Waals surface area (Å²) < 4.78 is 5.29. The molecule has 2 aliphatic rings. The van der Waals surface area contributed by atoms with Crippen molar-refractivity contribution in [2.24, 2.45) is 0 Å². The Morgan fingerprint density at radius 3 is 2.20 bits per heavy atom. The number of benzene rings is 3. The SMILES string of the molecule is CCN(CC)C[C@@H]1[C@H](c2ccc(C#Cc3ccccc3)cc2)[C@@H]2CN(C(=O)Cc3ccc(OC)cc3)CCCCN12. The Labute approximate surface area is 246 Å². The van der Waals surface area contributed by atoms with E-state index in [1.165, 1.54) is 5.56 Å². The highest BCUT2D eigenvalue weighted by Crippen LogP contribution is 2.42. The molecule has 2 aliphatic heterocycles. The van der Waals surface area contributed by atoms with Crippen LogP contribution in [0, 0.1) is 11.8 Å².